The number of nitrogens with zero attached hydrogens (tertiary/aromatic N) is 1. The van der Waals surface area contributed by atoms with Crippen LogP contribution in [0.3, 0.4) is 0 Å². The molecular weight excluding hydrogens is 220 g/mol. The lowest BCUT2D eigenvalue weighted by atomic mass is 10.0. The molecule has 0 radical (unpaired) electrons. The smallest absolute Gasteiger partial charge is 0.321 e. The predicted octanol–water partition coefficient (Wildman–Crippen LogP) is 1.54. The van der Waals surface area contributed by atoms with Crippen LogP contribution in [0.2, 0.25) is 0 Å². The second kappa shape index (κ2) is 4.45. The van der Waals surface area contributed by atoms with Crippen molar-refractivity contribution >= 4 is 17.7 Å². The fourth-order valence-electron chi connectivity index (χ4n) is 1.71. The van der Waals surface area contributed by atoms with Crippen LogP contribution in [-0.4, -0.2) is 35.1 Å². The Labute approximate surface area is 99.0 Å². The minimum Gasteiger partial charge on any atom is -0.481 e. The number of hydrogen-bond acceptors (Lipinski definition) is 2. The Balaban J connectivity index is 1.91. The number of likely N-dealkylation sites (tertiary alicyclic amines) is 1. The summed E-state index contributed by atoms with van der Waals surface area (Å²) < 4.78 is 0. The van der Waals surface area contributed by atoms with Crippen molar-refractivity contribution in [1.82, 2.24) is 4.90 Å². The molecule has 0 bridgehead atoms. The van der Waals surface area contributed by atoms with Crippen LogP contribution in [0, 0.1) is 12.8 Å². The number of carbonyl (C=O) groups excluding carboxylic acids is 1. The molecule has 90 valence electrons. The normalized spacial score (nSPS) is 15.2. The lowest BCUT2D eigenvalue weighted by Crippen LogP contribution is -2.54. The van der Waals surface area contributed by atoms with Crippen LogP contribution in [0.4, 0.5) is 10.5 Å². The molecule has 0 spiro atoms. The molecule has 2 rings (SSSR count). The third-order valence-electron chi connectivity index (χ3n) is 2.90. The van der Waals surface area contributed by atoms with E-state index in [1.807, 2.05) is 31.2 Å². The fraction of sp³-hybridized carbons (Fsp3) is 0.333. The van der Waals surface area contributed by atoms with Gasteiger partial charge in [0.15, 0.2) is 0 Å². The van der Waals surface area contributed by atoms with Crippen LogP contribution in [0.1, 0.15) is 5.56 Å². The summed E-state index contributed by atoms with van der Waals surface area (Å²) in [5.41, 5.74) is 1.74. The molecule has 1 aromatic carbocycles. The fourth-order valence-corrected chi connectivity index (χ4v) is 1.71. The average molecular weight is 234 g/mol. The van der Waals surface area contributed by atoms with E-state index in [2.05, 4.69) is 5.32 Å². The highest BCUT2D eigenvalue weighted by molar-refractivity contribution is 5.91. The van der Waals surface area contributed by atoms with Crippen molar-refractivity contribution in [3.63, 3.8) is 0 Å². The number of carboxylic acids is 1. The molecule has 5 nitrogen and oxygen atoms in total. The van der Waals surface area contributed by atoms with Gasteiger partial charge in [-0.05, 0) is 18.6 Å². The number of urea groups is 1. The van der Waals surface area contributed by atoms with Crippen molar-refractivity contribution in [2.24, 2.45) is 5.92 Å². The van der Waals surface area contributed by atoms with Gasteiger partial charge in [0.05, 0.1) is 5.92 Å². The maximum absolute atomic E-state index is 11.7. The second-order valence-corrected chi connectivity index (χ2v) is 4.19. The van der Waals surface area contributed by atoms with Crippen molar-refractivity contribution < 1.29 is 14.7 Å². The number of amides is 2. The topological polar surface area (TPSA) is 69.6 Å². The molecule has 5 heteroatoms. The minimum absolute atomic E-state index is 0.239. The number of carboxylic acid groups (broad SMARTS) is 1. The standard InChI is InChI=1S/C12H14N2O3/c1-8-4-2-3-5-10(8)13-12(17)14-6-9(7-14)11(15)16/h2-5,9H,6-7H2,1H3,(H,13,17)(H,15,16). The van der Waals surface area contributed by atoms with Gasteiger partial charge in [0.2, 0.25) is 0 Å². The first-order valence-corrected chi connectivity index (χ1v) is 5.42. The Morgan fingerprint density at radius 1 is 1.35 bits per heavy atom. The Bertz CT molecular complexity index is 453. The zero-order chi connectivity index (χ0) is 12.4. The van der Waals surface area contributed by atoms with E-state index in [0.717, 1.165) is 11.3 Å². The number of nitrogens with one attached hydrogen (secondary N) is 1. The predicted molar refractivity (Wildman–Crippen MR) is 62.9 cm³/mol. The number of carbonyl (C=O) groups is 2. The van der Waals surface area contributed by atoms with E-state index in [9.17, 15) is 9.59 Å². The molecule has 1 aliphatic rings. The van der Waals surface area contributed by atoms with Gasteiger partial charge in [-0.2, -0.15) is 0 Å². The summed E-state index contributed by atoms with van der Waals surface area (Å²) in [5.74, 6) is -1.26. The molecule has 0 atom stereocenters. The van der Waals surface area contributed by atoms with E-state index < -0.39 is 11.9 Å². The average Bonchev–Trinajstić information content (AvgIpc) is 2.18. The first-order valence-electron chi connectivity index (χ1n) is 5.42. The molecule has 2 N–H and O–H groups in total. The van der Waals surface area contributed by atoms with Gasteiger partial charge >= 0.3 is 12.0 Å². The molecule has 17 heavy (non-hydrogen) atoms. The van der Waals surface area contributed by atoms with Gasteiger partial charge in [-0.3, -0.25) is 4.79 Å². The SMILES string of the molecule is Cc1ccccc1NC(=O)N1CC(C(=O)O)C1. The first kappa shape index (κ1) is 11.4. The second-order valence-electron chi connectivity index (χ2n) is 4.19. The van der Waals surface area contributed by atoms with Crippen LogP contribution in [0.5, 0.6) is 0 Å². The molecule has 1 aliphatic heterocycles. The van der Waals surface area contributed by atoms with Crippen LogP contribution >= 0.6 is 0 Å². The van der Waals surface area contributed by atoms with Crippen molar-refractivity contribution in [3.05, 3.63) is 29.8 Å². The Morgan fingerprint density at radius 2 is 2.00 bits per heavy atom. The van der Waals surface area contributed by atoms with Crippen LogP contribution in [-0.2, 0) is 4.79 Å². The quantitative estimate of drug-likeness (QED) is 0.815. The number of aliphatic carboxylic acids is 1. The largest absolute Gasteiger partial charge is 0.481 e. The molecule has 0 saturated carbocycles. The zero-order valence-electron chi connectivity index (χ0n) is 9.51. The molecular formula is C12H14N2O3. The third kappa shape index (κ3) is 2.38. The van der Waals surface area contributed by atoms with Crippen molar-refractivity contribution in [1.29, 1.82) is 0 Å². The van der Waals surface area contributed by atoms with E-state index >= 15 is 0 Å². The van der Waals surface area contributed by atoms with Gasteiger partial charge in [-0.1, -0.05) is 18.2 Å². The summed E-state index contributed by atoms with van der Waals surface area (Å²) in [5, 5.41) is 11.5. The number of para-hydroxylation sites is 1. The first-order chi connectivity index (χ1) is 8.08. The lowest BCUT2D eigenvalue weighted by molar-refractivity contribution is -0.145. The van der Waals surface area contributed by atoms with E-state index in [0.29, 0.717) is 0 Å². The molecule has 0 aromatic heterocycles. The third-order valence-corrected chi connectivity index (χ3v) is 2.90. The summed E-state index contributed by atoms with van der Waals surface area (Å²) >= 11 is 0. The molecule has 1 saturated heterocycles. The van der Waals surface area contributed by atoms with Gasteiger partial charge in [0, 0.05) is 18.8 Å². The molecule has 1 heterocycles. The van der Waals surface area contributed by atoms with Gasteiger partial charge in [-0.15, -0.1) is 0 Å². The summed E-state index contributed by atoms with van der Waals surface area (Å²) in [6.45, 7) is 2.48. The maximum atomic E-state index is 11.7. The van der Waals surface area contributed by atoms with Gasteiger partial charge in [-0.25, -0.2) is 4.79 Å². The highest BCUT2D eigenvalue weighted by atomic mass is 16.4. The van der Waals surface area contributed by atoms with E-state index in [4.69, 9.17) is 5.11 Å². The summed E-state index contributed by atoms with van der Waals surface area (Å²) in [6, 6.07) is 7.23. The highest BCUT2D eigenvalue weighted by Gasteiger charge is 2.35. The van der Waals surface area contributed by atoms with E-state index in [-0.39, 0.29) is 19.1 Å². The van der Waals surface area contributed by atoms with Crippen molar-refractivity contribution in [3.8, 4) is 0 Å². The molecule has 1 aromatic rings. The van der Waals surface area contributed by atoms with Crippen molar-refractivity contribution in [2.45, 2.75) is 6.92 Å². The lowest BCUT2D eigenvalue weighted by Gasteiger charge is -2.36. The summed E-state index contributed by atoms with van der Waals surface area (Å²) in [6.07, 6.45) is 0. The van der Waals surface area contributed by atoms with Gasteiger partial charge in [0.1, 0.15) is 0 Å². The van der Waals surface area contributed by atoms with Crippen LogP contribution < -0.4 is 5.32 Å². The Kier molecular flexibility index (Phi) is 2.99. The van der Waals surface area contributed by atoms with Crippen LogP contribution in [0.25, 0.3) is 0 Å². The van der Waals surface area contributed by atoms with Gasteiger partial charge in [0.25, 0.3) is 0 Å². The summed E-state index contributed by atoms with van der Waals surface area (Å²) in [7, 11) is 0. The number of aryl methyl sites for hydroxylation is 1. The van der Waals surface area contributed by atoms with E-state index in [1.165, 1.54) is 4.90 Å². The molecule has 1 fully saturated rings. The van der Waals surface area contributed by atoms with Gasteiger partial charge < -0.3 is 15.3 Å². The summed E-state index contributed by atoms with van der Waals surface area (Å²) in [4.78, 5) is 23.8. The van der Waals surface area contributed by atoms with Crippen LogP contribution in [0.15, 0.2) is 24.3 Å². The number of anilines is 1. The highest BCUT2D eigenvalue weighted by Crippen LogP contribution is 2.19. The van der Waals surface area contributed by atoms with E-state index in [1.54, 1.807) is 0 Å². The Hall–Kier alpha value is -2.04. The van der Waals surface area contributed by atoms with Crippen molar-refractivity contribution in [2.75, 3.05) is 18.4 Å². The minimum atomic E-state index is -0.843. The zero-order valence-corrected chi connectivity index (χ0v) is 9.51. The molecule has 0 unspecified atom stereocenters. The number of hydrogen-bond donors (Lipinski definition) is 2. The molecule has 2 amide bonds. The molecule has 0 aliphatic carbocycles. The monoisotopic (exact) mass is 234 g/mol. The Morgan fingerprint density at radius 3 is 2.59 bits per heavy atom. The number of benzene rings is 1. The maximum Gasteiger partial charge on any atom is 0.321 e. The number of rotatable bonds is 2.